The first-order valence-electron chi connectivity index (χ1n) is 11.4. The molecule has 0 aromatic heterocycles. The van der Waals surface area contributed by atoms with Gasteiger partial charge in [-0.2, -0.15) is 0 Å². The summed E-state index contributed by atoms with van der Waals surface area (Å²) in [7, 11) is 0. The van der Waals surface area contributed by atoms with Gasteiger partial charge < -0.3 is 0 Å². The van der Waals surface area contributed by atoms with Gasteiger partial charge in [-0.15, -0.1) is 24.8 Å². The fraction of sp³-hybridized carbons (Fsp3) is 0.286. The Morgan fingerprint density at radius 3 is 1.31 bits per heavy atom. The van der Waals surface area contributed by atoms with Crippen LogP contribution >= 0.6 is 24.8 Å². The Kier molecular flexibility index (Phi) is 9.02. The van der Waals surface area contributed by atoms with Crippen molar-refractivity contribution in [2.75, 3.05) is 0 Å². The molecule has 0 saturated carbocycles. The molecule has 0 N–H and O–H groups in total. The minimum absolute atomic E-state index is 0. The molecule has 0 amide bonds. The van der Waals surface area contributed by atoms with Crippen LogP contribution in [-0.4, -0.2) is 6.88 Å². The van der Waals surface area contributed by atoms with Crippen molar-refractivity contribution in [3.05, 3.63) is 102 Å². The first kappa shape index (κ1) is 27.3. The van der Waals surface area contributed by atoms with Gasteiger partial charge in [0.2, 0.25) is 0 Å². The molecule has 0 unspecified atom stereocenters. The first-order chi connectivity index (χ1) is 14.3. The Morgan fingerprint density at radius 1 is 0.656 bits per heavy atom. The monoisotopic (exact) mass is 560 g/mol. The molecule has 0 aliphatic heterocycles. The van der Waals surface area contributed by atoms with Crippen LogP contribution in [-0.2, 0) is 17.4 Å². The van der Waals surface area contributed by atoms with Crippen molar-refractivity contribution in [1.29, 1.82) is 0 Å². The van der Waals surface area contributed by atoms with Gasteiger partial charge in [-0.1, -0.05) is 0 Å². The van der Waals surface area contributed by atoms with Crippen LogP contribution in [0, 0.1) is 0 Å². The molecular weight excluding hydrogens is 527 g/mol. The number of hydrogen-bond acceptors (Lipinski definition) is 0. The Labute approximate surface area is 209 Å². The standard InChI is InChI=1S/2C13H13.2CH3.2ClH.H2Si.Zr/c2*1-2-11-8-9-13(10-11)12-6-4-3-5-7-12;;;;;;/h2*3-7,10H,2,8H2,1H3;2*1H3;2*1H;1H2;. The van der Waals surface area contributed by atoms with E-state index in [1.54, 1.807) is 17.7 Å². The van der Waals surface area contributed by atoms with Gasteiger partial charge in [-0.05, 0) is 0 Å². The zero-order valence-electron chi connectivity index (χ0n) is 19.8. The predicted molar refractivity (Wildman–Crippen MR) is 147 cm³/mol. The molecule has 4 heteroatoms. The molecule has 2 aliphatic rings. The topological polar surface area (TPSA) is 0 Å². The van der Waals surface area contributed by atoms with E-state index in [-0.39, 0.29) is 24.8 Å². The van der Waals surface area contributed by atoms with Gasteiger partial charge in [0.25, 0.3) is 0 Å². The molecule has 2 aromatic carbocycles. The number of hydrogen-bond donors (Lipinski definition) is 0. The van der Waals surface area contributed by atoms with E-state index in [1.807, 2.05) is 0 Å². The zero-order chi connectivity index (χ0) is 21.4. The Balaban J connectivity index is 0.00000181. The SMILES string of the molecule is CCC1=CC(c2ccccc2)=[C]([Zr]([CH3])([CH3])(=[SiH2])[C]2=C(c3ccccc3)C=C(CC)C2)C1.Cl.Cl. The van der Waals surface area contributed by atoms with Crippen LogP contribution in [0.2, 0.25) is 9.26 Å². The van der Waals surface area contributed by atoms with E-state index in [0.717, 1.165) is 12.8 Å². The summed E-state index contributed by atoms with van der Waals surface area (Å²) in [5.41, 5.74) is 9.06. The van der Waals surface area contributed by atoms with Crippen molar-refractivity contribution in [2.24, 2.45) is 0 Å². The van der Waals surface area contributed by atoms with Crippen LogP contribution in [0.15, 0.2) is 90.5 Å². The van der Waals surface area contributed by atoms with Gasteiger partial charge in [0.1, 0.15) is 0 Å². The summed E-state index contributed by atoms with van der Waals surface area (Å²) < 4.78 is 8.95. The van der Waals surface area contributed by atoms with E-state index in [9.17, 15) is 0 Å². The van der Waals surface area contributed by atoms with E-state index in [1.165, 1.54) is 35.1 Å². The maximum atomic E-state index is 2.69. The molecule has 0 atom stereocenters. The average molecular weight is 563 g/mol. The molecule has 0 heterocycles. The van der Waals surface area contributed by atoms with Crippen molar-refractivity contribution in [3.63, 3.8) is 0 Å². The number of benzene rings is 2. The van der Waals surface area contributed by atoms with Crippen molar-refractivity contribution < 1.29 is 17.4 Å². The van der Waals surface area contributed by atoms with E-state index >= 15 is 0 Å². The summed E-state index contributed by atoms with van der Waals surface area (Å²) >= 11 is -3.38. The molecule has 0 nitrogen and oxygen atoms in total. The van der Waals surface area contributed by atoms with Gasteiger partial charge >= 0.3 is 186 Å². The minimum Gasteiger partial charge on any atom is -0.147 e. The van der Waals surface area contributed by atoms with E-state index in [4.69, 9.17) is 0 Å². The third-order valence-corrected chi connectivity index (χ3v) is 23.9. The fourth-order valence-corrected chi connectivity index (χ4v) is 19.0. The van der Waals surface area contributed by atoms with Crippen LogP contribution in [0.3, 0.4) is 0 Å². The molecule has 0 radical (unpaired) electrons. The molecule has 0 bridgehead atoms. The fourth-order valence-electron chi connectivity index (χ4n) is 5.15. The van der Waals surface area contributed by atoms with E-state index in [0.29, 0.717) is 0 Å². The maximum Gasteiger partial charge on any atom is -0.147 e. The van der Waals surface area contributed by atoms with E-state index < -0.39 is 17.4 Å². The number of halogens is 2. The molecule has 2 aliphatic carbocycles. The van der Waals surface area contributed by atoms with Gasteiger partial charge in [0, 0.05) is 0 Å². The Morgan fingerprint density at radius 2 is 1.00 bits per heavy atom. The Hall–Kier alpha value is -0.920. The number of allylic oxidation sites excluding steroid dienone is 8. The van der Waals surface area contributed by atoms with Crippen LogP contribution in [0.4, 0.5) is 0 Å². The second kappa shape index (κ2) is 10.6. The molecule has 4 rings (SSSR count). The third kappa shape index (κ3) is 5.10. The van der Waals surface area contributed by atoms with E-state index in [2.05, 4.69) is 103 Å². The van der Waals surface area contributed by atoms with Gasteiger partial charge in [0.05, 0.1) is 0 Å². The summed E-state index contributed by atoms with van der Waals surface area (Å²) in [6.07, 6.45) is 9.69. The second-order valence-corrected chi connectivity index (χ2v) is 38.6. The van der Waals surface area contributed by atoms with Crippen molar-refractivity contribution >= 4 is 42.8 Å². The zero-order valence-corrected chi connectivity index (χ0v) is 25.3. The van der Waals surface area contributed by atoms with Crippen molar-refractivity contribution in [1.82, 2.24) is 0 Å². The average Bonchev–Trinajstić information content (AvgIpc) is 3.41. The Bertz CT molecular complexity index is 1070. The first-order valence-corrected chi connectivity index (χ1v) is 24.7. The third-order valence-electron chi connectivity index (χ3n) is 7.17. The van der Waals surface area contributed by atoms with Gasteiger partial charge in [-0.3, -0.25) is 0 Å². The summed E-state index contributed by atoms with van der Waals surface area (Å²) in [5, 5.41) is 0. The molecule has 2 aromatic rings. The van der Waals surface area contributed by atoms with Crippen molar-refractivity contribution in [3.8, 4) is 0 Å². The van der Waals surface area contributed by atoms with Gasteiger partial charge in [0.15, 0.2) is 0 Å². The second-order valence-electron chi connectivity index (χ2n) is 9.87. The summed E-state index contributed by atoms with van der Waals surface area (Å²) in [5.74, 6) is 0. The number of rotatable bonds is 6. The maximum absolute atomic E-state index is 3.38. The molecular formula is C28H36Cl2SiZr. The molecule has 170 valence electrons. The van der Waals surface area contributed by atoms with Crippen LogP contribution < -0.4 is 0 Å². The molecule has 0 spiro atoms. The summed E-state index contributed by atoms with van der Waals surface area (Å²) in [4.78, 5) is 0. The molecule has 0 fully saturated rings. The van der Waals surface area contributed by atoms with Crippen LogP contribution in [0.5, 0.6) is 0 Å². The van der Waals surface area contributed by atoms with Gasteiger partial charge in [-0.25, -0.2) is 0 Å². The molecule has 32 heavy (non-hydrogen) atoms. The van der Waals surface area contributed by atoms with Crippen LogP contribution in [0.25, 0.3) is 11.1 Å². The molecule has 0 saturated heterocycles. The normalized spacial score (nSPS) is 16.4. The predicted octanol–water partition coefficient (Wildman–Crippen LogP) is 8.47. The summed E-state index contributed by atoms with van der Waals surface area (Å²) in [6.45, 7) is 7.02. The quantitative estimate of drug-likeness (QED) is 0.310. The largest absolute Gasteiger partial charge is 0.147 e. The van der Waals surface area contributed by atoms with Crippen LogP contribution in [0.1, 0.15) is 50.7 Å². The van der Waals surface area contributed by atoms with Crippen molar-refractivity contribution in [2.45, 2.75) is 48.8 Å². The minimum atomic E-state index is -3.38. The summed E-state index contributed by atoms with van der Waals surface area (Å²) in [6, 6.07) is 22.2. The smallest absolute Gasteiger partial charge is 0.147 e.